The second-order valence-electron chi connectivity index (χ2n) is 7.33. The number of hydrogen-bond donors (Lipinski definition) is 1. The Morgan fingerprint density at radius 2 is 1.73 bits per heavy atom. The summed E-state index contributed by atoms with van der Waals surface area (Å²) in [7, 11) is -3.70. The van der Waals surface area contributed by atoms with Gasteiger partial charge in [0.1, 0.15) is 6.04 Å². The normalized spacial score (nSPS) is 23.9. The Kier molecular flexibility index (Phi) is 6.38. The lowest BCUT2D eigenvalue weighted by Gasteiger charge is -2.28. The number of sulfonamides is 1. The van der Waals surface area contributed by atoms with Crippen molar-refractivity contribution in [2.24, 2.45) is 5.73 Å². The summed E-state index contributed by atoms with van der Waals surface area (Å²) in [4.78, 5) is 14.9. The number of likely N-dealkylation sites (tertiary alicyclic amines) is 1. The molecule has 1 unspecified atom stereocenters. The van der Waals surface area contributed by atoms with Crippen LogP contribution in [0.2, 0.25) is 0 Å². The van der Waals surface area contributed by atoms with Crippen molar-refractivity contribution < 1.29 is 13.2 Å². The molecule has 2 aliphatic rings. The summed E-state index contributed by atoms with van der Waals surface area (Å²) in [5.41, 5.74) is 8.41. The van der Waals surface area contributed by atoms with Gasteiger partial charge < -0.3 is 10.6 Å². The van der Waals surface area contributed by atoms with E-state index < -0.39 is 16.1 Å². The minimum absolute atomic E-state index is 0. The van der Waals surface area contributed by atoms with E-state index in [1.165, 1.54) is 4.31 Å². The molecule has 6 nitrogen and oxygen atoms in total. The zero-order chi connectivity index (χ0) is 18.4. The number of carbonyl (C=O) groups excluding carboxylic acids is 1. The van der Waals surface area contributed by atoms with E-state index in [-0.39, 0.29) is 24.4 Å². The van der Waals surface area contributed by atoms with E-state index in [9.17, 15) is 13.2 Å². The monoisotopic (exact) mass is 401 g/mol. The van der Waals surface area contributed by atoms with Crippen LogP contribution in [0.1, 0.15) is 36.0 Å². The molecule has 2 atom stereocenters. The first-order valence-electron chi connectivity index (χ1n) is 8.86. The van der Waals surface area contributed by atoms with Gasteiger partial charge in [-0.15, -0.1) is 12.4 Å². The second-order valence-corrected chi connectivity index (χ2v) is 9.16. The molecule has 0 radical (unpaired) electrons. The molecule has 2 aliphatic heterocycles. The fourth-order valence-corrected chi connectivity index (χ4v) is 6.23. The van der Waals surface area contributed by atoms with Crippen molar-refractivity contribution in [2.75, 3.05) is 19.6 Å². The van der Waals surface area contributed by atoms with Crippen molar-refractivity contribution in [1.29, 1.82) is 0 Å². The molecule has 0 aliphatic carbocycles. The summed E-state index contributed by atoms with van der Waals surface area (Å²) < 4.78 is 28.0. The van der Waals surface area contributed by atoms with Crippen molar-refractivity contribution in [2.45, 2.75) is 57.0 Å². The highest BCUT2D eigenvalue weighted by Gasteiger charge is 2.43. The Bertz CT molecular complexity index is 774. The Morgan fingerprint density at radius 1 is 1.12 bits per heavy atom. The lowest BCUT2D eigenvalue weighted by Crippen LogP contribution is -2.47. The molecule has 2 N–H and O–H groups in total. The molecule has 2 fully saturated rings. The van der Waals surface area contributed by atoms with Crippen LogP contribution in [0, 0.1) is 20.8 Å². The minimum Gasteiger partial charge on any atom is -0.340 e. The third-order valence-corrected chi connectivity index (χ3v) is 7.41. The number of halogens is 1. The maximum Gasteiger partial charge on any atom is 0.244 e. The topological polar surface area (TPSA) is 83.7 Å². The van der Waals surface area contributed by atoms with E-state index in [0.29, 0.717) is 37.4 Å². The first-order valence-corrected chi connectivity index (χ1v) is 10.3. The molecule has 3 rings (SSSR count). The minimum atomic E-state index is -3.70. The molecule has 146 valence electrons. The van der Waals surface area contributed by atoms with E-state index in [1.54, 1.807) is 4.90 Å². The van der Waals surface area contributed by atoms with Gasteiger partial charge in [-0.2, -0.15) is 4.31 Å². The number of benzene rings is 1. The van der Waals surface area contributed by atoms with Crippen LogP contribution in [0.4, 0.5) is 0 Å². The number of nitrogens with zero attached hydrogens (tertiary/aromatic N) is 2. The Hall–Kier alpha value is -1.15. The van der Waals surface area contributed by atoms with Gasteiger partial charge in [-0.05, 0) is 51.2 Å². The van der Waals surface area contributed by atoms with Crippen molar-refractivity contribution >= 4 is 28.3 Å². The zero-order valence-corrected chi connectivity index (χ0v) is 17.2. The van der Waals surface area contributed by atoms with Gasteiger partial charge in [0.25, 0.3) is 0 Å². The van der Waals surface area contributed by atoms with Crippen LogP contribution in [-0.4, -0.2) is 55.2 Å². The van der Waals surface area contributed by atoms with Crippen LogP contribution in [0.15, 0.2) is 17.0 Å². The number of carbonyl (C=O) groups is 1. The molecule has 0 saturated carbocycles. The fraction of sp³-hybridized carbons (Fsp3) is 0.611. The molecule has 1 aromatic carbocycles. The predicted molar refractivity (Wildman–Crippen MR) is 104 cm³/mol. The summed E-state index contributed by atoms with van der Waals surface area (Å²) in [6, 6.07) is 3.16. The quantitative estimate of drug-likeness (QED) is 0.836. The Balaban J connectivity index is 0.00000243. The first kappa shape index (κ1) is 21.2. The zero-order valence-electron chi connectivity index (χ0n) is 15.6. The summed E-state index contributed by atoms with van der Waals surface area (Å²) in [6.07, 6.45) is 2.06. The van der Waals surface area contributed by atoms with Gasteiger partial charge in [0.2, 0.25) is 15.9 Å². The Morgan fingerprint density at radius 3 is 2.27 bits per heavy atom. The van der Waals surface area contributed by atoms with Crippen LogP contribution in [0.25, 0.3) is 0 Å². The molecule has 0 aromatic heterocycles. The van der Waals surface area contributed by atoms with Crippen molar-refractivity contribution in [3.63, 3.8) is 0 Å². The molecule has 8 heteroatoms. The summed E-state index contributed by atoms with van der Waals surface area (Å²) in [5, 5.41) is 0. The SMILES string of the molecule is Cc1cc(C)c(S(=O)(=O)N2CCCC2C(=O)N2CC[C@@H](N)C2)c(C)c1.Cl. The maximum absolute atomic E-state index is 13.3. The number of hydrogen-bond acceptors (Lipinski definition) is 4. The molecule has 1 aromatic rings. The van der Waals surface area contributed by atoms with Crippen molar-refractivity contribution in [3.8, 4) is 0 Å². The van der Waals surface area contributed by atoms with Gasteiger partial charge >= 0.3 is 0 Å². The summed E-state index contributed by atoms with van der Waals surface area (Å²) in [5.74, 6) is -0.101. The number of rotatable bonds is 3. The van der Waals surface area contributed by atoms with Crippen LogP contribution in [-0.2, 0) is 14.8 Å². The van der Waals surface area contributed by atoms with Crippen molar-refractivity contribution in [1.82, 2.24) is 9.21 Å². The smallest absolute Gasteiger partial charge is 0.244 e. The maximum atomic E-state index is 13.3. The van der Waals surface area contributed by atoms with E-state index in [4.69, 9.17) is 5.73 Å². The lowest BCUT2D eigenvalue weighted by atomic mass is 10.1. The van der Waals surface area contributed by atoms with Crippen molar-refractivity contribution in [3.05, 3.63) is 28.8 Å². The van der Waals surface area contributed by atoms with E-state index in [0.717, 1.165) is 23.1 Å². The average Bonchev–Trinajstić information content (AvgIpc) is 3.14. The van der Waals surface area contributed by atoms with Crippen LogP contribution in [0.3, 0.4) is 0 Å². The molecule has 0 bridgehead atoms. The molecular formula is C18H28ClN3O3S. The molecule has 1 amide bonds. The van der Waals surface area contributed by atoms with Gasteiger partial charge in [0, 0.05) is 25.7 Å². The highest BCUT2D eigenvalue weighted by molar-refractivity contribution is 7.89. The third-order valence-electron chi connectivity index (χ3n) is 5.20. The largest absolute Gasteiger partial charge is 0.340 e. The van der Waals surface area contributed by atoms with Gasteiger partial charge in [0.05, 0.1) is 4.90 Å². The number of nitrogens with two attached hydrogens (primary N) is 1. The standard InChI is InChI=1S/C18H27N3O3S.ClH/c1-12-9-13(2)17(14(3)10-12)25(23,24)21-7-4-5-16(21)18(22)20-8-6-15(19)11-20;/h9-10,15-16H,4-8,11,19H2,1-3H3;1H/t15-,16?;/m1./s1. The third kappa shape index (κ3) is 3.76. The second kappa shape index (κ2) is 7.84. The average molecular weight is 402 g/mol. The summed E-state index contributed by atoms with van der Waals surface area (Å²) >= 11 is 0. The van der Waals surface area contributed by atoms with Gasteiger partial charge in [-0.1, -0.05) is 17.7 Å². The van der Waals surface area contributed by atoms with Crippen LogP contribution in [0.5, 0.6) is 0 Å². The van der Waals surface area contributed by atoms with Gasteiger partial charge in [0.15, 0.2) is 0 Å². The molecular weight excluding hydrogens is 374 g/mol. The van der Waals surface area contributed by atoms with Crippen LogP contribution >= 0.6 is 12.4 Å². The molecule has 26 heavy (non-hydrogen) atoms. The predicted octanol–water partition coefficient (Wildman–Crippen LogP) is 1.75. The van der Waals surface area contributed by atoms with E-state index >= 15 is 0 Å². The first-order chi connectivity index (χ1) is 11.7. The lowest BCUT2D eigenvalue weighted by molar-refractivity contribution is -0.133. The van der Waals surface area contributed by atoms with E-state index in [2.05, 4.69) is 0 Å². The molecule has 0 spiro atoms. The van der Waals surface area contributed by atoms with E-state index in [1.807, 2.05) is 32.9 Å². The van der Waals surface area contributed by atoms with Gasteiger partial charge in [-0.25, -0.2) is 8.42 Å². The number of amides is 1. The van der Waals surface area contributed by atoms with Gasteiger partial charge in [-0.3, -0.25) is 4.79 Å². The molecule has 2 saturated heterocycles. The fourth-order valence-electron chi connectivity index (χ4n) is 4.16. The molecule has 2 heterocycles. The highest BCUT2D eigenvalue weighted by Crippen LogP contribution is 2.31. The Labute approximate surface area is 162 Å². The number of aryl methyl sites for hydroxylation is 3. The van der Waals surface area contributed by atoms with Crippen LogP contribution < -0.4 is 5.73 Å². The summed E-state index contributed by atoms with van der Waals surface area (Å²) in [6.45, 7) is 7.12. The highest BCUT2D eigenvalue weighted by atomic mass is 35.5.